The zero-order valence-corrected chi connectivity index (χ0v) is 20.2. The summed E-state index contributed by atoms with van der Waals surface area (Å²) in [6.45, 7) is 5.69. The molecule has 3 aromatic rings. The maximum absolute atomic E-state index is 6.12. The van der Waals surface area contributed by atoms with Crippen LogP contribution in [0.2, 0.25) is 5.02 Å². The topological polar surface area (TPSA) is 30.5 Å². The number of hydrogen-bond donors (Lipinski definition) is 1. The molecule has 0 aromatic heterocycles. The summed E-state index contributed by atoms with van der Waals surface area (Å²) in [7, 11) is 0. The number of rotatable bonds is 8. The van der Waals surface area contributed by atoms with Crippen molar-refractivity contribution >= 4 is 49.1 Å². The molecule has 3 aromatic carbocycles. The molecule has 0 saturated heterocycles. The first-order valence-electron chi connectivity index (χ1n) is 9.28. The van der Waals surface area contributed by atoms with Gasteiger partial charge in [0.1, 0.15) is 6.61 Å². The molecule has 0 spiro atoms. The summed E-state index contributed by atoms with van der Waals surface area (Å²) < 4.78 is 13.8. The second-order valence-corrected chi connectivity index (χ2v) is 8.77. The predicted molar refractivity (Wildman–Crippen MR) is 127 cm³/mol. The summed E-state index contributed by atoms with van der Waals surface area (Å²) in [5.41, 5.74) is 4.33. The highest BCUT2D eigenvalue weighted by molar-refractivity contribution is 9.10. The summed E-state index contributed by atoms with van der Waals surface area (Å²) in [6, 6.07) is 18.0. The van der Waals surface area contributed by atoms with Gasteiger partial charge in [-0.3, -0.25) is 0 Å². The zero-order chi connectivity index (χ0) is 20.8. The van der Waals surface area contributed by atoms with Crippen molar-refractivity contribution in [3.63, 3.8) is 0 Å². The molecule has 0 radical (unpaired) electrons. The van der Waals surface area contributed by atoms with Crippen LogP contribution in [0.3, 0.4) is 0 Å². The Morgan fingerprint density at radius 1 is 0.931 bits per heavy atom. The Hall–Kier alpha value is -1.69. The largest absolute Gasteiger partial charge is 0.490 e. The van der Waals surface area contributed by atoms with Gasteiger partial charge < -0.3 is 14.8 Å². The SMILES string of the molecule is CCOc1cc(CNc2cc(Cl)ccc2C)cc(Br)c1OCc1ccc(Br)cc1. The van der Waals surface area contributed by atoms with Gasteiger partial charge in [-0.2, -0.15) is 0 Å². The second kappa shape index (κ2) is 10.4. The third-order valence-electron chi connectivity index (χ3n) is 4.35. The van der Waals surface area contributed by atoms with Gasteiger partial charge in [-0.15, -0.1) is 0 Å². The van der Waals surface area contributed by atoms with Gasteiger partial charge in [-0.1, -0.05) is 45.7 Å². The molecule has 3 nitrogen and oxygen atoms in total. The minimum absolute atomic E-state index is 0.464. The van der Waals surface area contributed by atoms with Gasteiger partial charge in [-0.25, -0.2) is 0 Å². The molecule has 0 aliphatic carbocycles. The molecule has 0 unspecified atom stereocenters. The van der Waals surface area contributed by atoms with E-state index in [1.807, 2.05) is 61.5 Å². The van der Waals surface area contributed by atoms with Crippen molar-refractivity contribution < 1.29 is 9.47 Å². The number of benzene rings is 3. The van der Waals surface area contributed by atoms with E-state index >= 15 is 0 Å². The molecule has 29 heavy (non-hydrogen) atoms. The highest BCUT2D eigenvalue weighted by atomic mass is 79.9. The Kier molecular flexibility index (Phi) is 7.87. The molecular formula is C23H22Br2ClNO2. The van der Waals surface area contributed by atoms with Crippen LogP contribution < -0.4 is 14.8 Å². The van der Waals surface area contributed by atoms with Gasteiger partial charge in [0.05, 0.1) is 11.1 Å². The van der Waals surface area contributed by atoms with Crippen molar-refractivity contribution in [3.8, 4) is 11.5 Å². The molecule has 3 rings (SSSR count). The Morgan fingerprint density at radius 3 is 2.41 bits per heavy atom. The maximum atomic E-state index is 6.12. The van der Waals surface area contributed by atoms with Gasteiger partial charge in [0, 0.05) is 21.7 Å². The second-order valence-electron chi connectivity index (χ2n) is 6.57. The van der Waals surface area contributed by atoms with Crippen molar-refractivity contribution in [1.29, 1.82) is 0 Å². The zero-order valence-electron chi connectivity index (χ0n) is 16.3. The van der Waals surface area contributed by atoms with Crippen LogP contribution in [-0.4, -0.2) is 6.61 Å². The lowest BCUT2D eigenvalue weighted by atomic mass is 10.1. The molecule has 1 N–H and O–H groups in total. The van der Waals surface area contributed by atoms with Crippen molar-refractivity contribution in [2.75, 3.05) is 11.9 Å². The molecule has 0 atom stereocenters. The Labute approximate surface area is 193 Å². The molecule has 152 valence electrons. The van der Waals surface area contributed by atoms with Crippen LogP contribution in [0.1, 0.15) is 23.6 Å². The Bertz CT molecular complexity index is 977. The average molecular weight is 540 g/mol. The van der Waals surface area contributed by atoms with Crippen LogP contribution >= 0.6 is 43.5 Å². The van der Waals surface area contributed by atoms with Crippen LogP contribution in [-0.2, 0) is 13.2 Å². The van der Waals surface area contributed by atoms with Gasteiger partial charge in [0.15, 0.2) is 11.5 Å². The predicted octanol–water partition coefficient (Wildman–Crippen LogP) is 7.76. The summed E-state index contributed by atoms with van der Waals surface area (Å²) in [4.78, 5) is 0. The molecule has 0 bridgehead atoms. The van der Waals surface area contributed by atoms with E-state index in [4.69, 9.17) is 21.1 Å². The Morgan fingerprint density at radius 2 is 1.69 bits per heavy atom. The normalized spacial score (nSPS) is 10.7. The first-order chi connectivity index (χ1) is 14.0. The molecular weight excluding hydrogens is 518 g/mol. The fourth-order valence-electron chi connectivity index (χ4n) is 2.84. The van der Waals surface area contributed by atoms with Gasteiger partial charge in [-0.05, 0) is 82.9 Å². The van der Waals surface area contributed by atoms with Crippen LogP contribution in [0.15, 0.2) is 63.5 Å². The monoisotopic (exact) mass is 537 g/mol. The van der Waals surface area contributed by atoms with Crippen molar-refractivity contribution in [3.05, 3.63) is 85.3 Å². The summed E-state index contributed by atoms with van der Waals surface area (Å²) in [5.74, 6) is 1.43. The smallest absolute Gasteiger partial charge is 0.175 e. The van der Waals surface area contributed by atoms with Crippen molar-refractivity contribution in [1.82, 2.24) is 0 Å². The Balaban J connectivity index is 1.76. The third-order valence-corrected chi connectivity index (χ3v) is 5.70. The third kappa shape index (κ3) is 6.14. The van der Waals surface area contributed by atoms with E-state index in [1.165, 1.54) is 0 Å². The first kappa shape index (κ1) is 22.0. The fourth-order valence-corrected chi connectivity index (χ4v) is 3.88. The number of hydrogen-bond acceptors (Lipinski definition) is 3. The molecule has 0 saturated carbocycles. The molecule has 0 aliphatic heterocycles. The average Bonchev–Trinajstić information content (AvgIpc) is 2.69. The molecule has 6 heteroatoms. The quantitative estimate of drug-likeness (QED) is 0.317. The van der Waals surface area contributed by atoms with Crippen molar-refractivity contribution in [2.24, 2.45) is 0 Å². The molecule has 0 aliphatic rings. The highest BCUT2D eigenvalue weighted by Gasteiger charge is 2.13. The van der Waals surface area contributed by atoms with E-state index in [9.17, 15) is 0 Å². The molecule has 0 amide bonds. The van der Waals surface area contributed by atoms with E-state index in [0.717, 1.165) is 37.1 Å². The minimum atomic E-state index is 0.464. The lowest BCUT2D eigenvalue weighted by molar-refractivity contribution is 0.267. The number of nitrogens with one attached hydrogen (secondary N) is 1. The lowest BCUT2D eigenvalue weighted by Gasteiger charge is -2.16. The van der Waals surface area contributed by atoms with E-state index < -0.39 is 0 Å². The minimum Gasteiger partial charge on any atom is -0.490 e. The van der Waals surface area contributed by atoms with E-state index in [2.05, 4.69) is 44.1 Å². The van der Waals surface area contributed by atoms with Crippen LogP contribution in [0.4, 0.5) is 5.69 Å². The summed E-state index contributed by atoms with van der Waals surface area (Å²) in [6.07, 6.45) is 0. The fraction of sp³-hybridized carbons (Fsp3) is 0.217. The van der Waals surface area contributed by atoms with Gasteiger partial charge in [0.2, 0.25) is 0 Å². The van der Waals surface area contributed by atoms with Crippen LogP contribution in [0, 0.1) is 6.92 Å². The number of anilines is 1. The maximum Gasteiger partial charge on any atom is 0.175 e. The van der Waals surface area contributed by atoms with Gasteiger partial charge in [0.25, 0.3) is 0 Å². The molecule has 0 fully saturated rings. The van der Waals surface area contributed by atoms with Crippen LogP contribution in [0.5, 0.6) is 11.5 Å². The number of ether oxygens (including phenoxy) is 2. The standard InChI is InChI=1S/C23H22Br2ClNO2/c1-3-28-22-11-17(13-27-21-12-19(26)9-4-15(21)2)10-20(25)23(22)29-14-16-5-7-18(24)8-6-16/h4-12,27H,3,13-14H2,1-2H3. The van der Waals surface area contributed by atoms with Crippen LogP contribution in [0.25, 0.3) is 0 Å². The van der Waals surface area contributed by atoms with Gasteiger partial charge >= 0.3 is 0 Å². The number of halogens is 3. The summed E-state index contributed by atoms with van der Waals surface area (Å²) >= 11 is 13.2. The number of aryl methyl sites for hydroxylation is 1. The van der Waals surface area contributed by atoms with E-state index in [1.54, 1.807) is 0 Å². The first-order valence-corrected chi connectivity index (χ1v) is 11.2. The molecule has 0 heterocycles. The van der Waals surface area contributed by atoms with E-state index in [-0.39, 0.29) is 0 Å². The van der Waals surface area contributed by atoms with Crippen molar-refractivity contribution in [2.45, 2.75) is 27.0 Å². The van der Waals surface area contributed by atoms with E-state index in [0.29, 0.717) is 30.5 Å². The highest BCUT2D eigenvalue weighted by Crippen LogP contribution is 2.38. The lowest BCUT2D eigenvalue weighted by Crippen LogP contribution is -2.04. The summed E-state index contributed by atoms with van der Waals surface area (Å²) in [5, 5.41) is 4.16.